The molecule has 4 nitrogen and oxygen atoms in total. The summed E-state index contributed by atoms with van der Waals surface area (Å²) in [6, 6.07) is 0. The molecule has 1 fully saturated rings. The van der Waals surface area contributed by atoms with Gasteiger partial charge in [0.1, 0.15) is 0 Å². The molecule has 1 rings (SSSR count). The zero-order chi connectivity index (χ0) is 20.1. The minimum absolute atomic E-state index is 0.157. The lowest BCUT2D eigenvalue weighted by atomic mass is 9.74. The second-order valence-electron chi connectivity index (χ2n) is 5.70. The van der Waals surface area contributed by atoms with Gasteiger partial charge in [0.15, 0.2) is 11.2 Å². The van der Waals surface area contributed by atoms with E-state index >= 15 is 0 Å². The van der Waals surface area contributed by atoms with E-state index in [1.54, 1.807) is 0 Å². The van der Waals surface area contributed by atoms with Gasteiger partial charge in [-0.15, -0.1) is 0 Å². The van der Waals surface area contributed by atoms with Crippen molar-refractivity contribution >= 4 is 5.97 Å². The van der Waals surface area contributed by atoms with Crippen molar-refractivity contribution in [2.24, 2.45) is 0 Å². The predicted molar refractivity (Wildman–Crippen MR) is 65.4 cm³/mol. The Morgan fingerprint density at radius 2 is 1.72 bits per heavy atom. The normalized spacial score (nSPS) is 36.0. The number of aliphatic hydroxyl groups is 1. The zero-order valence-electron chi connectivity index (χ0n) is 12.9. The summed E-state index contributed by atoms with van der Waals surface area (Å²) < 4.78 is 116. The van der Waals surface area contributed by atoms with Gasteiger partial charge in [-0.1, -0.05) is 13.5 Å². The Balaban J connectivity index is 3.72. The summed E-state index contributed by atoms with van der Waals surface area (Å²) in [5.74, 6) is -12.7. The fraction of sp³-hybridized carbons (Fsp3) is 0.769. The molecular weight excluding hydrogens is 372 g/mol. The minimum Gasteiger partial charge on any atom is -0.449 e. The van der Waals surface area contributed by atoms with Crippen LogP contribution >= 0.6 is 0 Å². The molecule has 0 aliphatic carbocycles. The molecule has 146 valence electrons. The largest absolute Gasteiger partial charge is 0.449 e. The van der Waals surface area contributed by atoms with E-state index in [-0.39, 0.29) is 13.0 Å². The lowest BCUT2D eigenvalue weighted by Gasteiger charge is -2.55. The van der Waals surface area contributed by atoms with Crippen LogP contribution in [0.25, 0.3) is 0 Å². The number of esters is 1. The van der Waals surface area contributed by atoms with Gasteiger partial charge in [0.05, 0.1) is 0 Å². The van der Waals surface area contributed by atoms with Gasteiger partial charge in [-0.2, -0.15) is 35.1 Å². The lowest BCUT2D eigenvalue weighted by molar-refractivity contribution is -0.516. The fourth-order valence-corrected chi connectivity index (χ4v) is 2.55. The van der Waals surface area contributed by atoms with Gasteiger partial charge >= 0.3 is 30.0 Å². The van der Waals surface area contributed by atoms with E-state index in [1.807, 2.05) is 0 Å². The monoisotopic (exact) mass is 386 g/mol. The molecule has 3 atom stereocenters. The SMILES string of the molecule is C=CC(=O)OC1(C)CC(CC)(C(F)(F)F)OC(O)(C(F)(F)F)C1(F)F. The van der Waals surface area contributed by atoms with Gasteiger partial charge < -0.3 is 14.6 Å². The lowest BCUT2D eigenvalue weighted by Crippen LogP contribution is -2.78. The third-order valence-electron chi connectivity index (χ3n) is 4.02. The number of hydrogen-bond donors (Lipinski definition) is 1. The molecule has 1 heterocycles. The Hall–Kier alpha value is -1.43. The smallest absolute Gasteiger partial charge is 0.449 e. The minimum atomic E-state index is -6.33. The molecule has 0 radical (unpaired) electrons. The van der Waals surface area contributed by atoms with Gasteiger partial charge in [-0.25, -0.2) is 4.79 Å². The Labute approximate surface area is 136 Å². The van der Waals surface area contributed by atoms with Gasteiger partial charge in [0, 0.05) is 12.5 Å². The molecule has 0 aromatic heterocycles. The molecule has 1 N–H and O–H groups in total. The third kappa shape index (κ3) is 2.98. The van der Waals surface area contributed by atoms with E-state index in [4.69, 9.17) is 0 Å². The average Bonchev–Trinajstić information content (AvgIpc) is 2.42. The number of carbonyl (C=O) groups excluding carboxylic acids is 1. The maximum Gasteiger partial charge on any atom is 0.449 e. The highest BCUT2D eigenvalue weighted by molar-refractivity contribution is 5.81. The van der Waals surface area contributed by atoms with Crippen LogP contribution in [0.4, 0.5) is 35.1 Å². The Morgan fingerprint density at radius 3 is 2.04 bits per heavy atom. The van der Waals surface area contributed by atoms with Crippen LogP contribution in [0.5, 0.6) is 0 Å². The molecular formula is C13H14F8O4. The number of rotatable bonds is 3. The maximum absolute atomic E-state index is 14.4. The van der Waals surface area contributed by atoms with Crippen LogP contribution in [-0.2, 0) is 14.3 Å². The van der Waals surface area contributed by atoms with Gasteiger partial charge in [0.25, 0.3) is 0 Å². The van der Waals surface area contributed by atoms with Crippen LogP contribution in [0.1, 0.15) is 26.7 Å². The first-order valence-electron chi connectivity index (χ1n) is 6.72. The molecule has 3 unspecified atom stereocenters. The highest BCUT2D eigenvalue weighted by Gasteiger charge is 2.85. The summed E-state index contributed by atoms with van der Waals surface area (Å²) in [7, 11) is 0. The first kappa shape index (κ1) is 21.6. The maximum atomic E-state index is 14.4. The van der Waals surface area contributed by atoms with Crippen LogP contribution in [-0.4, -0.2) is 46.3 Å². The molecule has 0 amide bonds. The molecule has 12 heteroatoms. The summed E-state index contributed by atoms with van der Waals surface area (Å²) in [5.41, 5.74) is -7.53. The summed E-state index contributed by atoms with van der Waals surface area (Å²) in [6.45, 7) is 3.72. The number of carbonyl (C=O) groups is 1. The van der Waals surface area contributed by atoms with Crippen molar-refractivity contribution in [2.45, 2.75) is 62.0 Å². The standard InChI is InChI=1S/C13H14F8O4/c1-4-7(22)24-8(3)6-9(5-2,12(16,17)18)25-11(23,10(8,14)15)13(19,20)21/h4,23H,1,5-6H2,2-3H3. The van der Waals surface area contributed by atoms with Crippen molar-refractivity contribution in [3.63, 3.8) is 0 Å². The van der Waals surface area contributed by atoms with Gasteiger partial charge in [-0.3, -0.25) is 0 Å². The quantitative estimate of drug-likeness (QED) is 0.458. The van der Waals surface area contributed by atoms with Crippen molar-refractivity contribution in [1.29, 1.82) is 0 Å². The third-order valence-corrected chi connectivity index (χ3v) is 4.02. The summed E-state index contributed by atoms with van der Waals surface area (Å²) in [5, 5.41) is 9.47. The first-order valence-corrected chi connectivity index (χ1v) is 6.72. The van der Waals surface area contributed by atoms with E-state index in [2.05, 4.69) is 16.1 Å². The topological polar surface area (TPSA) is 55.8 Å². The number of alkyl halides is 8. The second kappa shape index (κ2) is 5.79. The highest BCUT2D eigenvalue weighted by Crippen LogP contribution is 2.61. The van der Waals surface area contributed by atoms with Gasteiger partial charge in [0.2, 0.25) is 0 Å². The molecule has 0 saturated carbocycles. The summed E-state index contributed by atoms with van der Waals surface area (Å²) in [4.78, 5) is 11.2. The van der Waals surface area contributed by atoms with E-state index in [9.17, 15) is 45.0 Å². The van der Waals surface area contributed by atoms with Crippen LogP contribution in [0.2, 0.25) is 0 Å². The summed E-state index contributed by atoms with van der Waals surface area (Å²) in [6.07, 6.45) is -14.8. The van der Waals surface area contributed by atoms with Crippen molar-refractivity contribution in [1.82, 2.24) is 0 Å². The Kier molecular flexibility index (Phi) is 5.01. The van der Waals surface area contributed by atoms with E-state index < -0.39 is 54.1 Å². The van der Waals surface area contributed by atoms with Crippen LogP contribution < -0.4 is 0 Å². The number of ether oxygens (including phenoxy) is 2. The molecule has 1 aliphatic rings. The molecule has 0 spiro atoms. The van der Waals surface area contributed by atoms with Crippen LogP contribution in [0, 0.1) is 0 Å². The number of hydrogen-bond acceptors (Lipinski definition) is 4. The molecule has 0 bridgehead atoms. The predicted octanol–water partition coefficient (Wildman–Crippen LogP) is 3.49. The van der Waals surface area contributed by atoms with Crippen molar-refractivity contribution in [3.8, 4) is 0 Å². The highest BCUT2D eigenvalue weighted by atomic mass is 19.4. The van der Waals surface area contributed by atoms with Gasteiger partial charge in [-0.05, 0) is 13.3 Å². The van der Waals surface area contributed by atoms with Crippen molar-refractivity contribution in [2.75, 3.05) is 0 Å². The summed E-state index contributed by atoms with van der Waals surface area (Å²) >= 11 is 0. The molecule has 0 aromatic rings. The average molecular weight is 386 g/mol. The van der Waals surface area contributed by atoms with Crippen molar-refractivity contribution in [3.05, 3.63) is 12.7 Å². The van der Waals surface area contributed by atoms with E-state index in [0.29, 0.717) is 0 Å². The molecule has 1 saturated heterocycles. The molecule has 0 aromatic carbocycles. The van der Waals surface area contributed by atoms with E-state index in [0.717, 1.165) is 6.92 Å². The Bertz CT molecular complexity index is 557. The van der Waals surface area contributed by atoms with E-state index in [1.165, 1.54) is 0 Å². The fourth-order valence-electron chi connectivity index (χ4n) is 2.55. The Morgan fingerprint density at radius 1 is 1.24 bits per heavy atom. The number of halogens is 8. The van der Waals surface area contributed by atoms with Crippen LogP contribution in [0.3, 0.4) is 0 Å². The molecule has 1 aliphatic heterocycles. The zero-order valence-corrected chi connectivity index (χ0v) is 12.9. The molecule has 25 heavy (non-hydrogen) atoms. The first-order chi connectivity index (χ1) is 10.9. The van der Waals surface area contributed by atoms with Crippen LogP contribution in [0.15, 0.2) is 12.7 Å². The van der Waals surface area contributed by atoms with Crippen molar-refractivity contribution < 1.29 is 54.5 Å². The second-order valence-corrected chi connectivity index (χ2v) is 5.70.